The van der Waals surface area contributed by atoms with Gasteiger partial charge in [-0.1, -0.05) is 31.2 Å². The molecule has 0 bridgehead atoms. The van der Waals surface area contributed by atoms with Crippen molar-refractivity contribution in [2.24, 2.45) is 0 Å². The fourth-order valence-electron chi connectivity index (χ4n) is 3.62. The first-order valence-corrected chi connectivity index (χ1v) is 9.53. The number of rotatable bonds is 3. The van der Waals surface area contributed by atoms with Crippen LogP contribution in [0.4, 0.5) is 4.39 Å². The Balaban J connectivity index is 2.02. The molecule has 2 aromatic carbocycles. The molecule has 0 fully saturated rings. The van der Waals surface area contributed by atoms with Crippen molar-refractivity contribution >= 4 is 33.2 Å². The molecule has 7 heteroatoms. The SMILES string of the molecule is CCC(C)n1cnc2c(c1=O)c1nc3ccccc3nc1n2-c1ccccc1F. The van der Waals surface area contributed by atoms with Gasteiger partial charge in [0.2, 0.25) is 0 Å². The molecule has 0 aliphatic heterocycles. The van der Waals surface area contributed by atoms with Gasteiger partial charge in [-0.25, -0.2) is 19.3 Å². The molecule has 0 spiro atoms. The summed E-state index contributed by atoms with van der Waals surface area (Å²) in [6, 6.07) is 13.8. The van der Waals surface area contributed by atoms with Crippen LogP contribution >= 0.6 is 0 Å². The Bertz CT molecular complexity index is 1450. The third-order valence-corrected chi connectivity index (χ3v) is 5.35. The first kappa shape index (κ1) is 17.5. The van der Waals surface area contributed by atoms with E-state index in [4.69, 9.17) is 9.97 Å². The second-order valence-electron chi connectivity index (χ2n) is 7.08. The smallest absolute Gasteiger partial charge is 0.265 e. The molecular formula is C22H18FN5O. The molecule has 0 saturated heterocycles. The summed E-state index contributed by atoms with van der Waals surface area (Å²) in [5.74, 6) is -0.422. The number of aromatic nitrogens is 5. The van der Waals surface area contributed by atoms with Gasteiger partial charge in [-0.2, -0.15) is 0 Å². The van der Waals surface area contributed by atoms with Crippen molar-refractivity contribution in [3.05, 3.63) is 71.0 Å². The largest absolute Gasteiger partial charge is 0.296 e. The summed E-state index contributed by atoms with van der Waals surface area (Å²) in [5.41, 5.74) is 2.62. The van der Waals surface area contributed by atoms with Crippen molar-refractivity contribution in [1.29, 1.82) is 0 Å². The summed E-state index contributed by atoms with van der Waals surface area (Å²) in [6.45, 7) is 3.98. The van der Waals surface area contributed by atoms with Gasteiger partial charge in [0.25, 0.3) is 5.56 Å². The second kappa shape index (κ2) is 6.48. The predicted molar refractivity (Wildman–Crippen MR) is 111 cm³/mol. The maximum Gasteiger partial charge on any atom is 0.265 e. The van der Waals surface area contributed by atoms with E-state index >= 15 is 0 Å². The number of fused-ring (bicyclic) bond motifs is 4. The Labute approximate surface area is 165 Å². The van der Waals surface area contributed by atoms with E-state index in [1.807, 2.05) is 38.1 Å². The summed E-state index contributed by atoms with van der Waals surface area (Å²) >= 11 is 0. The van der Waals surface area contributed by atoms with Crippen molar-refractivity contribution in [2.75, 3.05) is 0 Å². The Hall–Kier alpha value is -3.61. The van der Waals surface area contributed by atoms with Gasteiger partial charge < -0.3 is 0 Å². The monoisotopic (exact) mass is 387 g/mol. The quantitative estimate of drug-likeness (QED) is 0.460. The standard InChI is InChI=1S/C22H18FN5O/c1-3-13(2)27-12-24-20-18(22(27)29)19-21(26-16-10-6-5-9-15(16)25-19)28(20)17-11-7-4-8-14(17)23/h4-13H,3H2,1-2H3. The molecular weight excluding hydrogens is 369 g/mol. The second-order valence-corrected chi connectivity index (χ2v) is 7.08. The highest BCUT2D eigenvalue weighted by Crippen LogP contribution is 2.29. The van der Waals surface area contributed by atoms with Gasteiger partial charge >= 0.3 is 0 Å². The lowest BCUT2D eigenvalue weighted by atomic mass is 10.2. The van der Waals surface area contributed by atoms with Crippen LogP contribution in [0.25, 0.3) is 38.9 Å². The molecule has 29 heavy (non-hydrogen) atoms. The zero-order valence-electron chi connectivity index (χ0n) is 16.0. The molecule has 0 amide bonds. The van der Waals surface area contributed by atoms with Crippen molar-refractivity contribution in [2.45, 2.75) is 26.3 Å². The third kappa shape index (κ3) is 2.54. The average molecular weight is 387 g/mol. The van der Waals surface area contributed by atoms with Crippen LogP contribution in [0.3, 0.4) is 0 Å². The fourth-order valence-corrected chi connectivity index (χ4v) is 3.62. The molecule has 0 aliphatic rings. The van der Waals surface area contributed by atoms with Crippen LogP contribution < -0.4 is 5.56 Å². The normalized spacial score (nSPS) is 12.8. The van der Waals surface area contributed by atoms with Gasteiger partial charge in [-0.05, 0) is 37.6 Å². The van der Waals surface area contributed by atoms with Crippen molar-refractivity contribution in [3.8, 4) is 5.69 Å². The number of halogens is 1. The van der Waals surface area contributed by atoms with Gasteiger partial charge in [-0.15, -0.1) is 0 Å². The van der Waals surface area contributed by atoms with Crippen LogP contribution in [0, 0.1) is 5.82 Å². The lowest BCUT2D eigenvalue weighted by Gasteiger charge is -2.12. The summed E-state index contributed by atoms with van der Waals surface area (Å²) in [5, 5.41) is 0.351. The van der Waals surface area contributed by atoms with Crippen LogP contribution in [0.1, 0.15) is 26.3 Å². The number of benzene rings is 2. The summed E-state index contributed by atoms with van der Waals surface area (Å²) in [6.07, 6.45) is 2.31. The predicted octanol–water partition coefficient (Wildman–Crippen LogP) is 4.39. The highest BCUT2D eigenvalue weighted by atomic mass is 19.1. The number of nitrogens with zero attached hydrogens (tertiary/aromatic N) is 5. The first-order chi connectivity index (χ1) is 14.1. The molecule has 1 atom stereocenters. The van der Waals surface area contributed by atoms with E-state index < -0.39 is 5.82 Å². The summed E-state index contributed by atoms with van der Waals surface area (Å²) < 4.78 is 17.9. The van der Waals surface area contributed by atoms with Crippen LogP contribution in [0.5, 0.6) is 0 Å². The van der Waals surface area contributed by atoms with Crippen LogP contribution in [0.2, 0.25) is 0 Å². The van der Waals surface area contributed by atoms with E-state index in [1.54, 1.807) is 27.3 Å². The average Bonchev–Trinajstić information content (AvgIpc) is 3.06. The molecule has 1 unspecified atom stereocenters. The molecule has 144 valence electrons. The lowest BCUT2D eigenvalue weighted by Crippen LogP contribution is -2.23. The minimum Gasteiger partial charge on any atom is -0.296 e. The van der Waals surface area contributed by atoms with E-state index in [2.05, 4.69) is 4.98 Å². The minimum atomic E-state index is -0.422. The number of hydrogen-bond donors (Lipinski definition) is 0. The van der Waals surface area contributed by atoms with E-state index in [9.17, 15) is 9.18 Å². The lowest BCUT2D eigenvalue weighted by molar-refractivity contribution is 0.510. The minimum absolute atomic E-state index is 0.0142. The maximum absolute atomic E-state index is 14.7. The van der Waals surface area contributed by atoms with Crippen LogP contribution in [-0.4, -0.2) is 24.1 Å². The third-order valence-electron chi connectivity index (χ3n) is 5.35. The van der Waals surface area contributed by atoms with Crippen molar-refractivity contribution in [3.63, 3.8) is 0 Å². The first-order valence-electron chi connectivity index (χ1n) is 9.53. The summed E-state index contributed by atoms with van der Waals surface area (Å²) in [4.78, 5) is 27.3. The van der Waals surface area contributed by atoms with E-state index in [0.717, 1.165) is 6.42 Å². The Morgan fingerprint density at radius 1 is 1.00 bits per heavy atom. The molecule has 0 radical (unpaired) electrons. The van der Waals surface area contributed by atoms with Crippen molar-refractivity contribution < 1.29 is 4.39 Å². The van der Waals surface area contributed by atoms with Gasteiger partial charge in [0.05, 0.1) is 16.7 Å². The molecule has 5 rings (SSSR count). The van der Waals surface area contributed by atoms with Gasteiger partial charge in [-0.3, -0.25) is 13.9 Å². The molecule has 0 aliphatic carbocycles. The van der Waals surface area contributed by atoms with Gasteiger partial charge in [0.15, 0.2) is 11.3 Å². The van der Waals surface area contributed by atoms with Crippen LogP contribution in [-0.2, 0) is 0 Å². The van der Waals surface area contributed by atoms with Crippen LogP contribution in [0.15, 0.2) is 59.7 Å². The Morgan fingerprint density at radius 2 is 1.69 bits per heavy atom. The molecule has 6 nitrogen and oxygen atoms in total. The maximum atomic E-state index is 14.7. The zero-order valence-corrected chi connectivity index (χ0v) is 16.0. The van der Waals surface area contributed by atoms with Crippen molar-refractivity contribution in [1.82, 2.24) is 24.1 Å². The molecule has 0 saturated carbocycles. The molecule has 5 aromatic rings. The van der Waals surface area contributed by atoms with Gasteiger partial charge in [0.1, 0.15) is 23.0 Å². The molecule has 3 heterocycles. The Kier molecular flexibility index (Phi) is 3.91. The highest BCUT2D eigenvalue weighted by molar-refractivity contribution is 6.05. The molecule has 3 aromatic heterocycles. The summed E-state index contributed by atoms with van der Waals surface area (Å²) in [7, 11) is 0. The zero-order chi connectivity index (χ0) is 20.1. The van der Waals surface area contributed by atoms with E-state index in [1.165, 1.54) is 12.4 Å². The van der Waals surface area contributed by atoms with E-state index in [-0.39, 0.29) is 17.3 Å². The fraction of sp³-hybridized carbons (Fsp3) is 0.182. The number of hydrogen-bond acceptors (Lipinski definition) is 4. The molecule has 0 N–H and O–H groups in total. The van der Waals surface area contributed by atoms with E-state index in [0.29, 0.717) is 33.2 Å². The highest BCUT2D eigenvalue weighted by Gasteiger charge is 2.22. The van der Waals surface area contributed by atoms with Gasteiger partial charge in [0, 0.05) is 6.04 Å². The number of para-hydroxylation sites is 3. The Morgan fingerprint density at radius 3 is 2.41 bits per heavy atom. The topological polar surface area (TPSA) is 65.6 Å².